The van der Waals surface area contributed by atoms with Crippen LogP contribution in [0.4, 0.5) is 0 Å². The Kier molecular flexibility index (Phi) is 6.54. The summed E-state index contributed by atoms with van der Waals surface area (Å²) in [5.74, 6) is 1.31. The van der Waals surface area contributed by atoms with E-state index in [1.165, 1.54) is 24.0 Å². The van der Waals surface area contributed by atoms with Crippen molar-refractivity contribution in [2.24, 2.45) is 5.92 Å². The molecule has 2 aromatic rings. The Bertz CT molecular complexity index is 754. The molecular weight excluding hydrogens is 334 g/mol. The normalized spacial score (nSPS) is 15.7. The maximum Gasteiger partial charge on any atom is 0.261 e. The van der Waals surface area contributed by atoms with Crippen LogP contribution >= 0.6 is 0 Å². The largest absolute Gasteiger partial charge is 0.481 e. The third kappa shape index (κ3) is 5.12. The second kappa shape index (κ2) is 9.07. The van der Waals surface area contributed by atoms with Crippen LogP contribution in [0.15, 0.2) is 48.5 Å². The van der Waals surface area contributed by atoms with E-state index in [9.17, 15) is 4.79 Å². The lowest BCUT2D eigenvalue weighted by Crippen LogP contribution is -2.39. The van der Waals surface area contributed by atoms with Gasteiger partial charge in [0.25, 0.3) is 5.91 Å². The third-order valence-corrected chi connectivity index (χ3v) is 5.25. The Morgan fingerprint density at radius 3 is 2.48 bits per heavy atom. The van der Waals surface area contributed by atoms with Gasteiger partial charge in [0.15, 0.2) is 6.10 Å². The highest BCUT2D eigenvalue weighted by molar-refractivity contribution is 5.81. The number of hydrogen-bond acceptors (Lipinski definition) is 2. The van der Waals surface area contributed by atoms with Gasteiger partial charge in [-0.2, -0.15) is 0 Å². The number of aryl methyl sites for hydroxylation is 1. The molecule has 1 aliphatic carbocycles. The average Bonchev–Trinajstić information content (AvgIpc) is 2.68. The highest BCUT2D eigenvalue weighted by Gasteiger charge is 2.23. The van der Waals surface area contributed by atoms with Crippen LogP contribution in [0.1, 0.15) is 62.8 Å². The maximum absolute atomic E-state index is 12.8. The van der Waals surface area contributed by atoms with Crippen LogP contribution < -0.4 is 10.1 Å². The van der Waals surface area contributed by atoms with Crippen LogP contribution in [0.5, 0.6) is 5.75 Å². The highest BCUT2D eigenvalue weighted by atomic mass is 16.5. The fourth-order valence-electron chi connectivity index (χ4n) is 3.82. The maximum atomic E-state index is 12.8. The average molecular weight is 366 g/mol. The molecule has 1 amide bonds. The first-order valence-corrected chi connectivity index (χ1v) is 10.2. The minimum Gasteiger partial charge on any atom is -0.481 e. The van der Waals surface area contributed by atoms with Crippen molar-refractivity contribution in [3.05, 3.63) is 65.2 Å². The lowest BCUT2D eigenvalue weighted by atomic mass is 9.91. The molecule has 3 rings (SSSR count). The molecule has 3 heteroatoms. The van der Waals surface area contributed by atoms with E-state index in [4.69, 9.17) is 4.74 Å². The van der Waals surface area contributed by atoms with Gasteiger partial charge in [-0.1, -0.05) is 56.3 Å². The van der Waals surface area contributed by atoms with Gasteiger partial charge < -0.3 is 10.1 Å². The summed E-state index contributed by atoms with van der Waals surface area (Å²) in [4.78, 5) is 12.8. The van der Waals surface area contributed by atoms with Crippen LogP contribution in [-0.4, -0.2) is 12.0 Å². The zero-order valence-electron chi connectivity index (χ0n) is 16.7. The van der Waals surface area contributed by atoms with Crippen LogP contribution in [0, 0.1) is 5.92 Å². The minimum atomic E-state index is -0.517. The van der Waals surface area contributed by atoms with Crippen molar-refractivity contribution >= 4 is 5.91 Å². The Labute approximate surface area is 163 Å². The molecule has 2 aromatic carbocycles. The van der Waals surface area contributed by atoms with Crippen molar-refractivity contribution in [1.82, 2.24) is 5.32 Å². The van der Waals surface area contributed by atoms with E-state index >= 15 is 0 Å². The Morgan fingerprint density at radius 2 is 1.74 bits per heavy atom. The Morgan fingerprint density at radius 1 is 1.00 bits per heavy atom. The Balaban J connectivity index is 1.69. The number of ether oxygens (including phenoxy) is 1. The quantitative estimate of drug-likeness (QED) is 0.729. The van der Waals surface area contributed by atoms with Crippen molar-refractivity contribution in [3.8, 4) is 5.75 Å². The van der Waals surface area contributed by atoms with E-state index in [1.807, 2.05) is 37.3 Å². The number of fused-ring (bicyclic) bond motifs is 1. The second-order valence-corrected chi connectivity index (χ2v) is 7.96. The van der Waals surface area contributed by atoms with E-state index in [2.05, 4.69) is 37.4 Å². The predicted octanol–water partition coefficient (Wildman–Crippen LogP) is 5.24. The van der Waals surface area contributed by atoms with Gasteiger partial charge in [0.1, 0.15) is 5.75 Å². The van der Waals surface area contributed by atoms with Gasteiger partial charge in [-0.25, -0.2) is 0 Å². The number of amides is 1. The number of carbonyl (C=O) groups is 1. The first-order valence-electron chi connectivity index (χ1n) is 10.2. The monoisotopic (exact) mass is 365 g/mol. The number of benzene rings is 2. The SMILES string of the molecule is CC(C)C[C@@H](NC(=O)[C@@H](C)Oc1cccc2c1CCCC2)c1ccccc1. The molecule has 0 unspecified atom stereocenters. The molecule has 144 valence electrons. The molecule has 0 saturated carbocycles. The number of hydrogen-bond donors (Lipinski definition) is 1. The lowest BCUT2D eigenvalue weighted by molar-refractivity contribution is -0.128. The van der Waals surface area contributed by atoms with E-state index in [0.717, 1.165) is 30.6 Å². The van der Waals surface area contributed by atoms with Crippen molar-refractivity contribution in [3.63, 3.8) is 0 Å². The molecule has 0 aromatic heterocycles. The van der Waals surface area contributed by atoms with Crippen molar-refractivity contribution in [1.29, 1.82) is 0 Å². The molecule has 2 atom stereocenters. The summed E-state index contributed by atoms with van der Waals surface area (Å²) in [5, 5.41) is 3.20. The van der Waals surface area contributed by atoms with Gasteiger partial charge >= 0.3 is 0 Å². The van der Waals surface area contributed by atoms with E-state index in [-0.39, 0.29) is 11.9 Å². The van der Waals surface area contributed by atoms with Crippen molar-refractivity contribution in [2.75, 3.05) is 0 Å². The molecule has 0 heterocycles. The molecule has 0 saturated heterocycles. The molecule has 0 aliphatic heterocycles. The van der Waals surface area contributed by atoms with Crippen LogP contribution in [0.25, 0.3) is 0 Å². The fourth-order valence-corrected chi connectivity index (χ4v) is 3.82. The molecule has 1 N–H and O–H groups in total. The summed E-state index contributed by atoms with van der Waals surface area (Å²) < 4.78 is 6.10. The van der Waals surface area contributed by atoms with Gasteiger partial charge in [0, 0.05) is 0 Å². The fraction of sp³-hybridized carbons (Fsp3) is 0.458. The molecule has 0 bridgehead atoms. The third-order valence-electron chi connectivity index (χ3n) is 5.25. The highest BCUT2D eigenvalue weighted by Crippen LogP contribution is 2.30. The molecule has 0 fully saturated rings. The molecule has 0 radical (unpaired) electrons. The van der Waals surface area contributed by atoms with Gasteiger partial charge in [-0.05, 0) is 67.7 Å². The zero-order chi connectivity index (χ0) is 19.2. The standard InChI is InChI=1S/C24H31NO2/c1-17(2)16-22(20-11-5-4-6-12-20)25-24(26)18(3)27-23-15-9-13-19-10-7-8-14-21(19)23/h4-6,9,11-13,15,17-18,22H,7-8,10,14,16H2,1-3H3,(H,25,26)/t18-,22-/m1/s1. The van der Waals surface area contributed by atoms with E-state index in [1.54, 1.807) is 0 Å². The minimum absolute atomic E-state index is 0.00874. The van der Waals surface area contributed by atoms with Gasteiger partial charge in [0.2, 0.25) is 0 Å². The van der Waals surface area contributed by atoms with Crippen molar-refractivity contribution < 1.29 is 9.53 Å². The van der Waals surface area contributed by atoms with Crippen LogP contribution in [-0.2, 0) is 17.6 Å². The molecule has 27 heavy (non-hydrogen) atoms. The van der Waals surface area contributed by atoms with Crippen LogP contribution in [0.3, 0.4) is 0 Å². The lowest BCUT2D eigenvalue weighted by Gasteiger charge is -2.25. The number of nitrogens with one attached hydrogen (secondary N) is 1. The first kappa shape index (κ1) is 19.5. The number of rotatable bonds is 7. The smallest absolute Gasteiger partial charge is 0.261 e. The van der Waals surface area contributed by atoms with Gasteiger partial charge in [-0.3, -0.25) is 4.79 Å². The Hall–Kier alpha value is -2.29. The summed E-state index contributed by atoms with van der Waals surface area (Å²) >= 11 is 0. The van der Waals surface area contributed by atoms with Gasteiger partial charge in [0.05, 0.1) is 6.04 Å². The summed E-state index contributed by atoms with van der Waals surface area (Å²) in [6, 6.07) is 16.4. The second-order valence-electron chi connectivity index (χ2n) is 7.96. The molecular formula is C24H31NO2. The summed E-state index contributed by atoms with van der Waals surface area (Å²) in [7, 11) is 0. The molecule has 0 spiro atoms. The zero-order valence-corrected chi connectivity index (χ0v) is 16.7. The van der Waals surface area contributed by atoms with Gasteiger partial charge in [-0.15, -0.1) is 0 Å². The summed E-state index contributed by atoms with van der Waals surface area (Å²) in [6.07, 6.45) is 4.97. The number of carbonyl (C=O) groups excluding carboxylic acids is 1. The summed E-state index contributed by atoms with van der Waals surface area (Å²) in [6.45, 7) is 6.20. The first-order chi connectivity index (χ1) is 13.0. The van der Waals surface area contributed by atoms with Crippen LogP contribution in [0.2, 0.25) is 0 Å². The predicted molar refractivity (Wildman–Crippen MR) is 110 cm³/mol. The van der Waals surface area contributed by atoms with Crippen molar-refractivity contribution in [2.45, 2.75) is 65.0 Å². The summed E-state index contributed by atoms with van der Waals surface area (Å²) in [5.41, 5.74) is 3.79. The van der Waals surface area contributed by atoms with E-state index < -0.39 is 6.10 Å². The molecule has 1 aliphatic rings. The topological polar surface area (TPSA) is 38.3 Å². The van der Waals surface area contributed by atoms with E-state index in [0.29, 0.717) is 5.92 Å². The molecule has 3 nitrogen and oxygen atoms in total.